The van der Waals surface area contributed by atoms with Crippen molar-refractivity contribution in [1.82, 2.24) is 4.57 Å². The van der Waals surface area contributed by atoms with E-state index in [2.05, 4.69) is 17.6 Å². The van der Waals surface area contributed by atoms with E-state index in [4.69, 9.17) is 9.47 Å². The number of aryl methyl sites for hydroxylation is 1. The zero-order chi connectivity index (χ0) is 22.8. The molecule has 1 aromatic heterocycles. The van der Waals surface area contributed by atoms with Crippen LogP contribution in [0.3, 0.4) is 0 Å². The summed E-state index contributed by atoms with van der Waals surface area (Å²) < 4.78 is 12.9. The van der Waals surface area contributed by atoms with Crippen LogP contribution in [-0.2, 0) is 11.3 Å². The van der Waals surface area contributed by atoms with Gasteiger partial charge in [0.1, 0.15) is 11.8 Å². The second-order valence-electron chi connectivity index (χ2n) is 8.68. The molecule has 0 saturated carbocycles. The normalized spacial score (nSPS) is 11.3. The van der Waals surface area contributed by atoms with Crippen LogP contribution in [0.15, 0.2) is 42.5 Å². The molecule has 0 atom stereocenters. The molecular weight excluding hydrogens is 390 g/mol. The number of amides is 1. The van der Waals surface area contributed by atoms with Crippen LogP contribution in [0.5, 0.6) is 5.75 Å². The van der Waals surface area contributed by atoms with Gasteiger partial charge in [-0.3, -0.25) is 4.90 Å². The van der Waals surface area contributed by atoms with Gasteiger partial charge in [-0.1, -0.05) is 32.9 Å². The van der Waals surface area contributed by atoms with Gasteiger partial charge in [0.05, 0.1) is 30.5 Å². The third-order valence-electron chi connectivity index (χ3n) is 5.13. The van der Waals surface area contributed by atoms with E-state index in [1.165, 1.54) is 4.90 Å². The number of benzene rings is 2. The lowest BCUT2D eigenvalue weighted by Crippen LogP contribution is -2.30. The molecule has 31 heavy (non-hydrogen) atoms. The molecule has 162 valence electrons. The van der Waals surface area contributed by atoms with E-state index in [9.17, 15) is 10.1 Å². The van der Waals surface area contributed by atoms with E-state index in [0.717, 1.165) is 33.6 Å². The van der Waals surface area contributed by atoms with Crippen LogP contribution in [0.2, 0.25) is 0 Å². The van der Waals surface area contributed by atoms with Crippen molar-refractivity contribution in [2.75, 3.05) is 25.7 Å². The van der Waals surface area contributed by atoms with Gasteiger partial charge >= 0.3 is 6.09 Å². The quantitative estimate of drug-likeness (QED) is 0.522. The number of rotatable bonds is 5. The molecule has 0 aliphatic heterocycles. The summed E-state index contributed by atoms with van der Waals surface area (Å²) in [7, 11) is 3.32. The first-order chi connectivity index (χ1) is 14.7. The highest BCUT2D eigenvalue weighted by Crippen LogP contribution is 2.36. The first-order valence-corrected chi connectivity index (χ1v) is 10.3. The third kappa shape index (κ3) is 4.51. The molecule has 1 heterocycles. The van der Waals surface area contributed by atoms with Crippen LogP contribution in [0, 0.1) is 16.7 Å². The second-order valence-corrected chi connectivity index (χ2v) is 8.68. The summed E-state index contributed by atoms with van der Waals surface area (Å²) in [5.41, 5.74) is 3.99. The number of hydrogen-bond acceptors (Lipinski definition) is 4. The average molecular weight is 420 g/mol. The smallest absolute Gasteiger partial charge is 0.414 e. The molecule has 0 aliphatic rings. The predicted molar refractivity (Wildman–Crippen MR) is 124 cm³/mol. The van der Waals surface area contributed by atoms with Crippen molar-refractivity contribution in [3.05, 3.63) is 48.0 Å². The standard InChI is InChI=1S/C25H29N3O3/c1-7-28-22-14-19(30-6)12-13-20(22)21(15-26)23(28)17-8-10-18(11-9-17)27(5)24(29)31-16-25(2,3)4/h8-14H,7,16H2,1-6H3. The van der Waals surface area contributed by atoms with Crippen molar-refractivity contribution in [2.24, 2.45) is 5.41 Å². The molecule has 0 bridgehead atoms. The van der Waals surface area contributed by atoms with E-state index in [-0.39, 0.29) is 5.41 Å². The number of methoxy groups -OCH3 is 1. The van der Waals surface area contributed by atoms with Crippen LogP contribution in [-0.4, -0.2) is 31.4 Å². The summed E-state index contributed by atoms with van der Waals surface area (Å²) in [6.07, 6.45) is -0.393. The van der Waals surface area contributed by atoms with Gasteiger partial charge in [0.15, 0.2) is 0 Å². The predicted octanol–water partition coefficient (Wildman–Crippen LogP) is 5.83. The number of nitrogens with zero attached hydrogens (tertiary/aromatic N) is 3. The molecule has 0 fully saturated rings. The highest BCUT2D eigenvalue weighted by Gasteiger charge is 2.20. The Bertz CT molecular complexity index is 1130. The van der Waals surface area contributed by atoms with Crippen molar-refractivity contribution in [3.63, 3.8) is 0 Å². The maximum absolute atomic E-state index is 12.4. The monoisotopic (exact) mass is 419 g/mol. The maximum atomic E-state index is 12.4. The lowest BCUT2D eigenvalue weighted by molar-refractivity contribution is 0.113. The van der Waals surface area contributed by atoms with E-state index in [1.54, 1.807) is 14.2 Å². The van der Waals surface area contributed by atoms with Gasteiger partial charge in [0.2, 0.25) is 0 Å². The highest BCUT2D eigenvalue weighted by atomic mass is 16.6. The summed E-state index contributed by atoms with van der Waals surface area (Å²) in [6.45, 7) is 9.16. The molecule has 0 spiro atoms. The van der Waals surface area contributed by atoms with Crippen LogP contribution >= 0.6 is 0 Å². The van der Waals surface area contributed by atoms with Gasteiger partial charge in [-0.15, -0.1) is 0 Å². The van der Waals surface area contributed by atoms with E-state index < -0.39 is 6.09 Å². The molecule has 2 aromatic carbocycles. The molecule has 6 heteroatoms. The number of ether oxygens (including phenoxy) is 2. The number of carbonyl (C=O) groups excluding carboxylic acids is 1. The SMILES string of the molecule is CCn1c(-c2ccc(N(C)C(=O)OCC(C)(C)C)cc2)c(C#N)c2ccc(OC)cc21. The second kappa shape index (κ2) is 8.73. The van der Waals surface area contributed by atoms with Gasteiger partial charge in [-0.2, -0.15) is 5.26 Å². The van der Waals surface area contributed by atoms with Crippen molar-refractivity contribution in [3.8, 4) is 23.1 Å². The molecule has 6 nitrogen and oxygen atoms in total. The Kier molecular flexibility index (Phi) is 6.26. The number of fused-ring (bicyclic) bond motifs is 1. The molecule has 3 aromatic rings. The van der Waals surface area contributed by atoms with E-state index in [1.807, 2.05) is 63.2 Å². The number of aromatic nitrogens is 1. The van der Waals surface area contributed by atoms with Gasteiger partial charge in [0.25, 0.3) is 0 Å². The summed E-state index contributed by atoms with van der Waals surface area (Å²) in [5, 5.41) is 10.8. The largest absolute Gasteiger partial charge is 0.497 e. The van der Waals surface area contributed by atoms with Crippen molar-refractivity contribution in [1.29, 1.82) is 5.26 Å². The van der Waals surface area contributed by atoms with Crippen molar-refractivity contribution < 1.29 is 14.3 Å². The lowest BCUT2D eigenvalue weighted by Gasteiger charge is -2.22. The summed E-state index contributed by atoms with van der Waals surface area (Å²) >= 11 is 0. The Balaban J connectivity index is 1.97. The molecule has 0 saturated heterocycles. The molecule has 0 N–H and O–H groups in total. The fourth-order valence-corrected chi connectivity index (χ4v) is 3.52. The third-order valence-corrected chi connectivity index (χ3v) is 5.13. The molecule has 0 aliphatic carbocycles. The Hall–Kier alpha value is -3.46. The number of nitriles is 1. The number of anilines is 1. The molecule has 3 rings (SSSR count). The lowest BCUT2D eigenvalue weighted by atomic mass is 9.99. The summed E-state index contributed by atoms with van der Waals surface area (Å²) in [5.74, 6) is 0.751. The summed E-state index contributed by atoms with van der Waals surface area (Å²) in [6, 6.07) is 15.7. The first-order valence-electron chi connectivity index (χ1n) is 10.3. The fraction of sp³-hybridized carbons (Fsp3) is 0.360. The van der Waals surface area contributed by atoms with Crippen LogP contribution in [0.25, 0.3) is 22.2 Å². The molecule has 0 unspecified atom stereocenters. The van der Waals surface area contributed by atoms with Crippen LogP contribution < -0.4 is 9.64 Å². The minimum Gasteiger partial charge on any atom is -0.497 e. The maximum Gasteiger partial charge on any atom is 0.414 e. The minimum atomic E-state index is -0.393. The van der Waals surface area contributed by atoms with Crippen molar-refractivity contribution in [2.45, 2.75) is 34.2 Å². The van der Waals surface area contributed by atoms with Crippen LogP contribution in [0.4, 0.5) is 10.5 Å². The Morgan fingerprint density at radius 1 is 1.16 bits per heavy atom. The van der Waals surface area contributed by atoms with E-state index >= 15 is 0 Å². The Morgan fingerprint density at radius 2 is 1.84 bits per heavy atom. The molecule has 1 amide bonds. The zero-order valence-electron chi connectivity index (χ0n) is 19.0. The fourth-order valence-electron chi connectivity index (χ4n) is 3.52. The van der Waals surface area contributed by atoms with Gasteiger partial charge in [-0.05, 0) is 42.2 Å². The molecule has 0 radical (unpaired) electrons. The Labute approximate surface area is 183 Å². The average Bonchev–Trinajstić information content (AvgIpc) is 3.08. The van der Waals surface area contributed by atoms with Crippen LogP contribution in [0.1, 0.15) is 33.3 Å². The van der Waals surface area contributed by atoms with Gasteiger partial charge < -0.3 is 14.0 Å². The zero-order valence-corrected chi connectivity index (χ0v) is 19.0. The minimum absolute atomic E-state index is 0.0930. The molecular formula is C25H29N3O3. The van der Waals surface area contributed by atoms with Crippen molar-refractivity contribution >= 4 is 22.7 Å². The summed E-state index contributed by atoms with van der Waals surface area (Å²) in [4.78, 5) is 13.9. The number of hydrogen-bond donors (Lipinski definition) is 0. The Morgan fingerprint density at radius 3 is 2.39 bits per heavy atom. The highest BCUT2D eigenvalue weighted by molar-refractivity contribution is 5.95. The van der Waals surface area contributed by atoms with Gasteiger partial charge in [-0.25, -0.2) is 4.79 Å². The number of carbonyl (C=O) groups is 1. The van der Waals surface area contributed by atoms with Gasteiger partial charge in [0, 0.05) is 30.7 Å². The topological polar surface area (TPSA) is 67.5 Å². The van der Waals surface area contributed by atoms with E-state index in [0.29, 0.717) is 18.7 Å². The first kappa shape index (κ1) is 22.2.